The van der Waals surface area contributed by atoms with Gasteiger partial charge in [0.2, 0.25) is 0 Å². The van der Waals surface area contributed by atoms with Crippen LogP contribution < -0.4 is 0 Å². The molecule has 3 heteroatoms. The van der Waals surface area contributed by atoms with Crippen molar-refractivity contribution in [1.29, 1.82) is 0 Å². The predicted molar refractivity (Wildman–Crippen MR) is 47.6 cm³/mol. The van der Waals surface area contributed by atoms with Crippen molar-refractivity contribution in [2.75, 3.05) is 6.61 Å². The van der Waals surface area contributed by atoms with Gasteiger partial charge in [0.1, 0.15) is 0 Å². The fourth-order valence-corrected chi connectivity index (χ4v) is 0.474. The number of carbonyl (C=O) groups is 1. The van der Waals surface area contributed by atoms with Gasteiger partial charge in [0, 0.05) is 28.7 Å². The minimum absolute atomic E-state index is 0.173. The highest BCUT2D eigenvalue weighted by Crippen LogP contribution is 1.80. The Labute approximate surface area is 73.8 Å². The number of allylic oxidation sites excluding steroid dienone is 1. The van der Waals surface area contributed by atoms with Crippen LogP contribution in [0.5, 0.6) is 0 Å². The van der Waals surface area contributed by atoms with Crippen molar-refractivity contribution in [2.24, 2.45) is 0 Å². The highest BCUT2D eigenvalue weighted by atomic mass is 127. The standard InChI is InChI=1S/C7H7IO2/c1-2-4-7(9)10-6-3-5-8/h2,4H,6H2,1H3/b4-2+. The van der Waals surface area contributed by atoms with Crippen LogP contribution in [0.2, 0.25) is 0 Å². The van der Waals surface area contributed by atoms with Crippen molar-refractivity contribution >= 4 is 28.6 Å². The van der Waals surface area contributed by atoms with Crippen LogP contribution in [0.15, 0.2) is 12.2 Å². The minimum Gasteiger partial charge on any atom is -0.449 e. The molecule has 0 rings (SSSR count). The first kappa shape index (κ1) is 9.50. The predicted octanol–water partition coefficient (Wildman–Crippen LogP) is 1.50. The second-order valence-corrected chi connectivity index (χ2v) is 1.92. The maximum atomic E-state index is 10.5. The van der Waals surface area contributed by atoms with Crippen molar-refractivity contribution in [3.63, 3.8) is 0 Å². The Morgan fingerprint density at radius 3 is 3.00 bits per heavy atom. The molecule has 0 aromatic carbocycles. The van der Waals surface area contributed by atoms with E-state index in [0.29, 0.717) is 0 Å². The highest BCUT2D eigenvalue weighted by molar-refractivity contribution is 14.1. The van der Waals surface area contributed by atoms with E-state index in [1.807, 2.05) is 22.6 Å². The first-order valence-corrected chi connectivity index (χ1v) is 3.77. The van der Waals surface area contributed by atoms with Gasteiger partial charge in [0.25, 0.3) is 0 Å². The number of ether oxygens (including phenoxy) is 1. The Balaban J connectivity index is 3.46. The normalized spacial score (nSPS) is 8.60. The highest BCUT2D eigenvalue weighted by Gasteiger charge is 1.90. The molecule has 0 N–H and O–H groups in total. The third-order valence-corrected chi connectivity index (χ3v) is 1.04. The van der Waals surface area contributed by atoms with Crippen LogP contribution in [0.25, 0.3) is 0 Å². The van der Waals surface area contributed by atoms with Crippen molar-refractivity contribution in [1.82, 2.24) is 0 Å². The first-order chi connectivity index (χ1) is 4.81. The van der Waals surface area contributed by atoms with Crippen LogP contribution in [0.4, 0.5) is 0 Å². The second-order valence-electron chi connectivity index (χ2n) is 1.38. The van der Waals surface area contributed by atoms with Crippen LogP contribution in [0.1, 0.15) is 6.92 Å². The van der Waals surface area contributed by atoms with Crippen LogP contribution in [0.3, 0.4) is 0 Å². The molecule has 0 aliphatic rings. The molecule has 0 aromatic rings. The van der Waals surface area contributed by atoms with Crippen LogP contribution >= 0.6 is 22.6 Å². The quantitative estimate of drug-likeness (QED) is 0.321. The number of rotatable bonds is 2. The SMILES string of the molecule is C/C=C/C(=O)OCC#CI. The minimum atomic E-state index is -0.346. The molecule has 0 saturated carbocycles. The Morgan fingerprint density at radius 1 is 1.80 bits per heavy atom. The van der Waals surface area contributed by atoms with E-state index in [1.165, 1.54) is 6.08 Å². The van der Waals surface area contributed by atoms with Gasteiger partial charge in [-0.15, -0.1) is 0 Å². The third kappa shape index (κ3) is 5.63. The summed E-state index contributed by atoms with van der Waals surface area (Å²) in [5, 5.41) is 0. The zero-order valence-electron chi connectivity index (χ0n) is 5.56. The van der Waals surface area contributed by atoms with Gasteiger partial charge in [-0.1, -0.05) is 12.0 Å². The molecule has 0 radical (unpaired) electrons. The molecule has 0 atom stereocenters. The molecule has 2 nitrogen and oxygen atoms in total. The van der Waals surface area contributed by atoms with Gasteiger partial charge in [0.15, 0.2) is 6.61 Å². The number of esters is 1. The zero-order chi connectivity index (χ0) is 7.82. The van der Waals surface area contributed by atoms with Crippen LogP contribution in [-0.2, 0) is 9.53 Å². The summed E-state index contributed by atoms with van der Waals surface area (Å²) in [6.45, 7) is 1.93. The molecule has 0 spiro atoms. The average Bonchev–Trinajstić information content (AvgIpc) is 1.89. The van der Waals surface area contributed by atoms with E-state index in [0.717, 1.165) is 0 Å². The maximum Gasteiger partial charge on any atom is 0.331 e. The van der Waals surface area contributed by atoms with Gasteiger partial charge in [0.05, 0.1) is 0 Å². The number of carbonyl (C=O) groups excluding carboxylic acids is 1. The topological polar surface area (TPSA) is 26.3 Å². The largest absolute Gasteiger partial charge is 0.449 e. The van der Waals surface area contributed by atoms with Crippen molar-refractivity contribution in [2.45, 2.75) is 6.92 Å². The monoisotopic (exact) mass is 250 g/mol. The lowest BCUT2D eigenvalue weighted by Gasteiger charge is -1.91. The van der Waals surface area contributed by atoms with Gasteiger partial charge >= 0.3 is 5.97 Å². The summed E-state index contributed by atoms with van der Waals surface area (Å²) in [5.41, 5.74) is 0. The van der Waals surface area contributed by atoms with E-state index in [4.69, 9.17) is 0 Å². The molecule has 0 aliphatic heterocycles. The van der Waals surface area contributed by atoms with E-state index < -0.39 is 0 Å². The number of halogens is 1. The Morgan fingerprint density at radius 2 is 2.50 bits per heavy atom. The molecular weight excluding hydrogens is 243 g/mol. The summed E-state index contributed by atoms with van der Waals surface area (Å²) in [4.78, 5) is 10.5. The summed E-state index contributed by atoms with van der Waals surface area (Å²) in [6.07, 6.45) is 2.98. The van der Waals surface area contributed by atoms with Crippen molar-refractivity contribution in [3.8, 4) is 9.85 Å². The smallest absolute Gasteiger partial charge is 0.331 e. The van der Waals surface area contributed by atoms with Gasteiger partial charge in [-0.2, -0.15) is 0 Å². The van der Waals surface area contributed by atoms with E-state index >= 15 is 0 Å². The summed E-state index contributed by atoms with van der Waals surface area (Å²) < 4.78 is 7.20. The van der Waals surface area contributed by atoms with E-state index in [2.05, 4.69) is 14.6 Å². The number of hydrogen-bond acceptors (Lipinski definition) is 2. The van der Waals surface area contributed by atoms with Crippen molar-refractivity contribution < 1.29 is 9.53 Å². The molecule has 0 aliphatic carbocycles. The second kappa shape index (κ2) is 6.62. The fourth-order valence-electron chi connectivity index (χ4n) is 0.319. The van der Waals surface area contributed by atoms with E-state index in [-0.39, 0.29) is 12.6 Å². The molecular formula is C7H7IO2. The fraction of sp³-hybridized carbons (Fsp3) is 0.286. The van der Waals surface area contributed by atoms with Crippen LogP contribution in [0, 0.1) is 9.85 Å². The van der Waals surface area contributed by atoms with Crippen LogP contribution in [-0.4, -0.2) is 12.6 Å². The first-order valence-electron chi connectivity index (χ1n) is 2.69. The molecule has 0 unspecified atom stereocenters. The average molecular weight is 250 g/mol. The summed E-state index contributed by atoms with van der Waals surface area (Å²) in [6, 6.07) is 0. The Hall–Kier alpha value is -0.500. The summed E-state index contributed by atoms with van der Waals surface area (Å²) in [7, 11) is 0. The zero-order valence-corrected chi connectivity index (χ0v) is 7.71. The lowest BCUT2D eigenvalue weighted by molar-refractivity contribution is -0.136. The molecule has 0 saturated heterocycles. The molecule has 0 amide bonds. The third-order valence-electron chi connectivity index (χ3n) is 0.656. The van der Waals surface area contributed by atoms with Gasteiger partial charge < -0.3 is 4.74 Å². The molecule has 54 valence electrons. The Kier molecular flexibility index (Phi) is 6.29. The molecule has 0 heterocycles. The molecule has 0 bridgehead atoms. The van der Waals surface area contributed by atoms with E-state index in [9.17, 15) is 4.79 Å². The maximum absolute atomic E-state index is 10.5. The molecule has 10 heavy (non-hydrogen) atoms. The summed E-state index contributed by atoms with van der Waals surface area (Å²) in [5.74, 6) is 2.25. The lowest BCUT2D eigenvalue weighted by atomic mass is 10.5. The number of hydrogen-bond donors (Lipinski definition) is 0. The Bertz CT molecular complexity index is 186. The van der Waals surface area contributed by atoms with Gasteiger partial charge in [-0.05, 0) is 10.9 Å². The molecule has 0 fully saturated rings. The molecule has 0 aromatic heterocycles. The van der Waals surface area contributed by atoms with E-state index in [1.54, 1.807) is 13.0 Å². The van der Waals surface area contributed by atoms with Gasteiger partial charge in [-0.3, -0.25) is 0 Å². The van der Waals surface area contributed by atoms with Crippen molar-refractivity contribution in [3.05, 3.63) is 12.2 Å². The lowest BCUT2D eigenvalue weighted by Crippen LogP contribution is -1.99. The summed E-state index contributed by atoms with van der Waals surface area (Å²) >= 11 is 1.89. The van der Waals surface area contributed by atoms with Gasteiger partial charge in [-0.25, -0.2) is 4.79 Å².